The van der Waals surface area contributed by atoms with Crippen LogP contribution in [0.3, 0.4) is 0 Å². The summed E-state index contributed by atoms with van der Waals surface area (Å²) in [6.45, 7) is 0.186. The Hall–Kier alpha value is -3.11. The Morgan fingerprint density at radius 1 is 1.26 bits per heavy atom. The first-order valence-electron chi connectivity index (χ1n) is 9.91. The molecule has 2 aromatic heterocycles. The number of fused-ring (bicyclic) bond motifs is 1. The van der Waals surface area contributed by atoms with E-state index in [9.17, 15) is 18.2 Å². The highest BCUT2D eigenvalue weighted by Crippen LogP contribution is 2.37. The molecule has 8 nitrogen and oxygen atoms in total. The summed E-state index contributed by atoms with van der Waals surface area (Å²) in [6.07, 6.45) is 1.96. The summed E-state index contributed by atoms with van der Waals surface area (Å²) in [5.41, 5.74) is -0.0203. The number of amides is 3. The molecule has 1 spiro atoms. The number of rotatable bonds is 5. The van der Waals surface area contributed by atoms with E-state index >= 15 is 0 Å². The second-order valence-corrected chi connectivity index (χ2v) is 8.99. The van der Waals surface area contributed by atoms with E-state index in [1.54, 1.807) is 12.1 Å². The Morgan fingerprint density at radius 3 is 2.84 bits per heavy atom. The van der Waals surface area contributed by atoms with E-state index in [1.807, 2.05) is 24.3 Å². The van der Waals surface area contributed by atoms with E-state index in [2.05, 4.69) is 20.3 Å². The molecule has 5 rings (SSSR count). The highest BCUT2D eigenvalue weighted by atomic mass is 32.2. The fourth-order valence-corrected chi connectivity index (χ4v) is 5.28. The van der Waals surface area contributed by atoms with E-state index in [0.29, 0.717) is 29.9 Å². The van der Waals surface area contributed by atoms with Crippen LogP contribution in [-0.2, 0) is 15.8 Å². The van der Waals surface area contributed by atoms with Crippen molar-refractivity contribution in [3.8, 4) is 11.5 Å². The number of carbonyl (C=O) groups is 2. The molecule has 1 aliphatic heterocycles. The molecule has 31 heavy (non-hydrogen) atoms. The van der Waals surface area contributed by atoms with E-state index in [1.165, 1.54) is 6.07 Å². The van der Waals surface area contributed by atoms with Crippen LogP contribution in [-0.4, -0.2) is 33.2 Å². The second kappa shape index (κ2) is 7.54. The molecule has 1 saturated carbocycles. The van der Waals surface area contributed by atoms with Gasteiger partial charge in [0.1, 0.15) is 32.7 Å². The van der Waals surface area contributed by atoms with Gasteiger partial charge < -0.3 is 9.73 Å². The Morgan fingerprint density at radius 2 is 2.10 bits per heavy atom. The zero-order valence-electron chi connectivity index (χ0n) is 16.3. The van der Waals surface area contributed by atoms with Crippen molar-refractivity contribution >= 4 is 33.9 Å². The average Bonchev–Trinajstić information content (AvgIpc) is 3.43. The third kappa shape index (κ3) is 3.41. The Bertz CT molecular complexity index is 1200. The van der Waals surface area contributed by atoms with Gasteiger partial charge in [0.05, 0.1) is 0 Å². The Kier molecular flexibility index (Phi) is 4.82. The lowest BCUT2D eigenvalue weighted by molar-refractivity contribution is -0.125. The van der Waals surface area contributed by atoms with Crippen LogP contribution in [0, 0.1) is 11.9 Å². The van der Waals surface area contributed by atoms with Crippen LogP contribution in [0.25, 0.3) is 22.4 Å². The lowest BCUT2D eigenvalue weighted by atomic mass is 9.87. The van der Waals surface area contributed by atoms with Crippen LogP contribution in [0.1, 0.15) is 19.3 Å². The SMILES string of the molecule is O=C1NC(=O)C2(CCCC2CNS(=O)c2ccc(-c3cc4ccccc4o3)nc2F)N1. The number of hydrogen-bond acceptors (Lipinski definition) is 5. The number of pyridine rings is 1. The van der Waals surface area contributed by atoms with Gasteiger partial charge in [-0.25, -0.2) is 18.7 Å². The van der Waals surface area contributed by atoms with Crippen molar-refractivity contribution in [2.75, 3.05) is 6.54 Å². The minimum Gasteiger partial charge on any atom is -0.454 e. The van der Waals surface area contributed by atoms with Gasteiger partial charge in [0.2, 0.25) is 5.95 Å². The summed E-state index contributed by atoms with van der Waals surface area (Å²) >= 11 is 0. The van der Waals surface area contributed by atoms with Crippen molar-refractivity contribution in [2.45, 2.75) is 29.7 Å². The van der Waals surface area contributed by atoms with Crippen molar-refractivity contribution in [3.05, 3.63) is 48.4 Å². The van der Waals surface area contributed by atoms with Gasteiger partial charge in [-0.2, -0.15) is 4.39 Å². The van der Waals surface area contributed by atoms with Gasteiger partial charge >= 0.3 is 6.03 Å². The fourth-order valence-electron chi connectivity index (χ4n) is 4.38. The maximum Gasteiger partial charge on any atom is 0.322 e. The molecule has 0 bridgehead atoms. The molecule has 160 valence electrons. The molecule has 3 amide bonds. The second-order valence-electron chi connectivity index (χ2n) is 7.72. The van der Waals surface area contributed by atoms with Gasteiger partial charge in [0.25, 0.3) is 5.91 Å². The molecular weight excluding hydrogens is 423 g/mol. The smallest absolute Gasteiger partial charge is 0.322 e. The van der Waals surface area contributed by atoms with E-state index in [-0.39, 0.29) is 23.3 Å². The monoisotopic (exact) mass is 442 g/mol. The zero-order valence-corrected chi connectivity index (χ0v) is 17.1. The molecule has 3 heterocycles. The number of benzene rings is 1. The van der Waals surface area contributed by atoms with Gasteiger partial charge in [0, 0.05) is 17.8 Å². The van der Waals surface area contributed by atoms with Gasteiger partial charge in [-0.3, -0.25) is 10.1 Å². The normalized spacial score (nSPS) is 24.0. The van der Waals surface area contributed by atoms with Gasteiger partial charge in [-0.15, -0.1) is 0 Å². The summed E-state index contributed by atoms with van der Waals surface area (Å²) in [7, 11) is -1.87. The first-order valence-corrected chi connectivity index (χ1v) is 11.1. The number of halogens is 1. The standard InChI is InChI=1S/C21H19FN4O4S/c22-18-17(8-7-14(24-18)16-10-12-4-1-2-6-15(12)30-16)31(29)23-11-13-5-3-9-21(13)19(27)25-20(28)26-21/h1-2,4,6-8,10,13,23H,3,5,9,11H2,(H2,25,26,27,28). The molecule has 3 N–H and O–H groups in total. The van der Waals surface area contributed by atoms with Crippen LogP contribution in [0.15, 0.2) is 51.8 Å². The number of nitrogens with zero attached hydrogens (tertiary/aromatic N) is 1. The predicted molar refractivity (Wildman–Crippen MR) is 111 cm³/mol. The number of hydrogen-bond donors (Lipinski definition) is 3. The maximum absolute atomic E-state index is 14.6. The van der Waals surface area contributed by atoms with Gasteiger partial charge in [-0.05, 0) is 37.1 Å². The molecule has 3 aromatic rings. The van der Waals surface area contributed by atoms with Crippen LogP contribution in [0.4, 0.5) is 9.18 Å². The first kappa shape index (κ1) is 19.8. The number of nitrogens with one attached hydrogen (secondary N) is 3. The lowest BCUT2D eigenvalue weighted by Crippen LogP contribution is -2.52. The minimum absolute atomic E-state index is 0.0909. The van der Waals surface area contributed by atoms with Crippen molar-refractivity contribution in [1.82, 2.24) is 20.3 Å². The third-order valence-electron chi connectivity index (χ3n) is 5.94. The lowest BCUT2D eigenvalue weighted by Gasteiger charge is -2.28. The van der Waals surface area contributed by atoms with E-state index < -0.39 is 28.5 Å². The molecule has 1 aliphatic carbocycles. The van der Waals surface area contributed by atoms with Crippen LogP contribution < -0.4 is 15.4 Å². The van der Waals surface area contributed by atoms with Crippen molar-refractivity contribution < 1.29 is 22.6 Å². The number of furan rings is 1. The topological polar surface area (TPSA) is 113 Å². The van der Waals surface area contributed by atoms with Crippen molar-refractivity contribution in [3.63, 3.8) is 0 Å². The number of carbonyl (C=O) groups excluding carboxylic acids is 2. The predicted octanol–water partition coefficient (Wildman–Crippen LogP) is 2.62. The van der Waals surface area contributed by atoms with Crippen molar-refractivity contribution in [2.24, 2.45) is 5.92 Å². The van der Waals surface area contributed by atoms with E-state index in [4.69, 9.17) is 4.42 Å². The number of imide groups is 1. The van der Waals surface area contributed by atoms with Crippen LogP contribution >= 0.6 is 0 Å². The van der Waals surface area contributed by atoms with Crippen LogP contribution in [0.5, 0.6) is 0 Å². The quantitative estimate of drug-likeness (QED) is 0.415. The van der Waals surface area contributed by atoms with Crippen LogP contribution in [0.2, 0.25) is 0 Å². The summed E-state index contributed by atoms with van der Waals surface area (Å²) in [5, 5.41) is 5.85. The molecule has 3 unspecified atom stereocenters. The zero-order chi connectivity index (χ0) is 21.6. The van der Waals surface area contributed by atoms with Gasteiger partial charge in [0.15, 0.2) is 5.76 Å². The molecule has 1 saturated heterocycles. The first-order chi connectivity index (χ1) is 15.0. The summed E-state index contributed by atoms with van der Waals surface area (Å²) < 4.78 is 35.8. The minimum atomic E-state index is -1.87. The fraction of sp³-hybridized carbons (Fsp3) is 0.286. The molecule has 10 heteroatoms. The molecule has 2 fully saturated rings. The van der Waals surface area contributed by atoms with E-state index in [0.717, 1.165) is 11.8 Å². The Labute approximate surface area is 179 Å². The van der Waals surface area contributed by atoms with Gasteiger partial charge in [-0.1, -0.05) is 24.6 Å². The highest BCUT2D eigenvalue weighted by Gasteiger charge is 2.54. The van der Waals surface area contributed by atoms with Crippen molar-refractivity contribution in [1.29, 1.82) is 0 Å². The average molecular weight is 442 g/mol. The molecule has 0 radical (unpaired) electrons. The molecule has 3 atom stereocenters. The molecule has 1 aromatic carbocycles. The highest BCUT2D eigenvalue weighted by molar-refractivity contribution is 7.83. The number of urea groups is 1. The molecule has 2 aliphatic rings. The number of para-hydroxylation sites is 1. The Balaban J connectivity index is 1.31. The molecular formula is C21H19FN4O4S. The third-order valence-corrected chi connectivity index (χ3v) is 7.08. The largest absolute Gasteiger partial charge is 0.454 e. The summed E-state index contributed by atoms with van der Waals surface area (Å²) in [4.78, 5) is 27.7. The summed E-state index contributed by atoms with van der Waals surface area (Å²) in [5.74, 6) is -1.05. The maximum atomic E-state index is 14.6. The number of aromatic nitrogens is 1. The summed E-state index contributed by atoms with van der Waals surface area (Å²) in [6, 6.07) is 11.6.